The van der Waals surface area contributed by atoms with Crippen molar-refractivity contribution in [3.8, 4) is 0 Å². The number of aromatic amines is 1. The predicted octanol–water partition coefficient (Wildman–Crippen LogP) is 0.868. The van der Waals surface area contributed by atoms with E-state index in [0.29, 0.717) is 17.3 Å². The topological polar surface area (TPSA) is 121 Å². The monoisotopic (exact) mass is 347 g/mol. The van der Waals surface area contributed by atoms with Crippen LogP contribution in [-0.4, -0.2) is 33.1 Å². The quantitative estimate of drug-likeness (QED) is 0.686. The number of hydrogen-bond donors (Lipinski definition) is 3. The molecule has 0 radical (unpaired) electrons. The molecule has 0 unspecified atom stereocenters. The summed E-state index contributed by atoms with van der Waals surface area (Å²) in [6, 6.07) is 5.57. The van der Waals surface area contributed by atoms with Crippen LogP contribution < -0.4 is 16.6 Å². The zero-order valence-electron chi connectivity index (χ0n) is 14.1. The summed E-state index contributed by atoms with van der Waals surface area (Å²) in [5, 5.41) is 11.5. The highest BCUT2D eigenvalue weighted by Gasteiger charge is 2.29. The van der Waals surface area contributed by atoms with Gasteiger partial charge in [0.2, 0.25) is 5.91 Å². The Kier molecular flexibility index (Phi) is 5.74. The number of rotatable bonds is 7. The number of aromatic nitrogens is 2. The van der Waals surface area contributed by atoms with Crippen molar-refractivity contribution >= 4 is 22.8 Å². The predicted molar refractivity (Wildman–Crippen MR) is 92.6 cm³/mol. The molecule has 1 amide bonds. The van der Waals surface area contributed by atoms with Crippen LogP contribution in [0, 0.1) is 5.92 Å². The van der Waals surface area contributed by atoms with Crippen LogP contribution in [0.1, 0.15) is 32.7 Å². The molecule has 134 valence electrons. The molecule has 0 saturated carbocycles. The molecule has 1 heterocycles. The van der Waals surface area contributed by atoms with Crippen molar-refractivity contribution in [2.75, 3.05) is 6.54 Å². The number of nitrogens with one attached hydrogen (secondary N) is 2. The molecule has 2 aromatic rings. The molecule has 2 rings (SSSR count). The number of para-hydroxylation sites is 1. The van der Waals surface area contributed by atoms with Gasteiger partial charge in [-0.25, -0.2) is 9.36 Å². The molecule has 25 heavy (non-hydrogen) atoms. The maximum atomic E-state index is 12.8. The van der Waals surface area contributed by atoms with E-state index in [1.54, 1.807) is 31.2 Å². The van der Waals surface area contributed by atoms with Crippen LogP contribution in [-0.2, 0) is 9.59 Å². The first-order valence-electron chi connectivity index (χ1n) is 8.09. The molecule has 0 saturated heterocycles. The number of hydrogen-bond acceptors (Lipinski definition) is 4. The van der Waals surface area contributed by atoms with Gasteiger partial charge >= 0.3 is 11.7 Å². The lowest BCUT2D eigenvalue weighted by molar-refractivity contribution is -0.137. The SMILES string of the molecule is CC[C@H](C)[C@@H](C(=O)NCCC(=O)O)n1c(=O)[nH]c2ccccc2c1=O. The first-order chi connectivity index (χ1) is 11.9. The molecule has 2 atom stereocenters. The molecule has 3 N–H and O–H groups in total. The minimum atomic E-state index is -1.04. The molecule has 1 aromatic carbocycles. The average Bonchev–Trinajstić information content (AvgIpc) is 2.57. The molecular formula is C17H21N3O5. The van der Waals surface area contributed by atoms with Crippen molar-refractivity contribution in [3.05, 3.63) is 45.1 Å². The van der Waals surface area contributed by atoms with Crippen molar-refractivity contribution in [1.82, 2.24) is 14.9 Å². The van der Waals surface area contributed by atoms with Crippen LogP contribution in [0.3, 0.4) is 0 Å². The number of carbonyl (C=O) groups is 2. The first-order valence-corrected chi connectivity index (χ1v) is 8.09. The second-order valence-corrected chi connectivity index (χ2v) is 5.92. The fraction of sp³-hybridized carbons (Fsp3) is 0.412. The van der Waals surface area contributed by atoms with Crippen molar-refractivity contribution in [1.29, 1.82) is 0 Å². The highest BCUT2D eigenvalue weighted by molar-refractivity contribution is 5.82. The second kappa shape index (κ2) is 7.78. The fourth-order valence-electron chi connectivity index (χ4n) is 2.68. The van der Waals surface area contributed by atoms with E-state index in [9.17, 15) is 19.2 Å². The van der Waals surface area contributed by atoms with Crippen LogP contribution >= 0.6 is 0 Å². The molecule has 0 aliphatic rings. The van der Waals surface area contributed by atoms with Gasteiger partial charge in [0, 0.05) is 6.54 Å². The van der Waals surface area contributed by atoms with Gasteiger partial charge in [0.25, 0.3) is 5.56 Å². The summed E-state index contributed by atoms with van der Waals surface area (Å²) in [6.07, 6.45) is 0.331. The van der Waals surface area contributed by atoms with E-state index < -0.39 is 29.2 Å². The Morgan fingerprint density at radius 2 is 1.96 bits per heavy atom. The minimum Gasteiger partial charge on any atom is -0.481 e. The highest BCUT2D eigenvalue weighted by Crippen LogP contribution is 2.19. The Hall–Kier alpha value is -2.90. The van der Waals surface area contributed by atoms with Gasteiger partial charge in [-0.1, -0.05) is 32.4 Å². The summed E-state index contributed by atoms with van der Waals surface area (Å²) in [4.78, 5) is 51.0. The number of carboxylic acid groups (broad SMARTS) is 1. The van der Waals surface area contributed by atoms with Crippen molar-refractivity contribution in [3.63, 3.8) is 0 Å². The van der Waals surface area contributed by atoms with Crippen LogP contribution in [0.25, 0.3) is 10.9 Å². The molecule has 0 bridgehead atoms. The van der Waals surface area contributed by atoms with E-state index in [-0.39, 0.29) is 18.9 Å². The van der Waals surface area contributed by atoms with Crippen LogP contribution in [0.2, 0.25) is 0 Å². The Labute approximate surface area is 143 Å². The summed E-state index contributed by atoms with van der Waals surface area (Å²) in [7, 11) is 0. The lowest BCUT2D eigenvalue weighted by Crippen LogP contribution is -2.47. The zero-order valence-corrected chi connectivity index (χ0v) is 14.1. The van der Waals surface area contributed by atoms with Gasteiger partial charge in [-0.3, -0.25) is 14.4 Å². The highest BCUT2D eigenvalue weighted by atomic mass is 16.4. The van der Waals surface area contributed by atoms with E-state index in [0.717, 1.165) is 4.57 Å². The summed E-state index contributed by atoms with van der Waals surface area (Å²) in [6.45, 7) is 3.55. The smallest absolute Gasteiger partial charge is 0.329 e. The van der Waals surface area contributed by atoms with Crippen molar-refractivity contribution < 1.29 is 14.7 Å². The van der Waals surface area contributed by atoms with Crippen LogP contribution in [0.4, 0.5) is 0 Å². The molecular weight excluding hydrogens is 326 g/mol. The number of carbonyl (C=O) groups excluding carboxylic acids is 1. The third-order valence-corrected chi connectivity index (χ3v) is 4.20. The molecule has 8 nitrogen and oxygen atoms in total. The number of H-pyrrole nitrogens is 1. The van der Waals surface area contributed by atoms with Gasteiger partial charge in [-0.15, -0.1) is 0 Å². The zero-order chi connectivity index (χ0) is 18.6. The summed E-state index contributed by atoms with van der Waals surface area (Å²) in [5.41, 5.74) is -0.802. The fourth-order valence-corrected chi connectivity index (χ4v) is 2.68. The normalized spacial score (nSPS) is 13.4. The van der Waals surface area contributed by atoms with Gasteiger partial charge in [-0.05, 0) is 18.1 Å². The van der Waals surface area contributed by atoms with Gasteiger partial charge in [-0.2, -0.15) is 0 Å². The lowest BCUT2D eigenvalue weighted by atomic mass is 9.97. The van der Waals surface area contributed by atoms with E-state index in [1.807, 2.05) is 6.92 Å². The maximum Gasteiger partial charge on any atom is 0.329 e. The lowest BCUT2D eigenvalue weighted by Gasteiger charge is -2.23. The number of amides is 1. The third kappa shape index (κ3) is 3.96. The van der Waals surface area contributed by atoms with E-state index in [2.05, 4.69) is 10.3 Å². The van der Waals surface area contributed by atoms with Crippen molar-refractivity contribution in [2.24, 2.45) is 5.92 Å². The average molecular weight is 347 g/mol. The molecule has 0 aliphatic carbocycles. The first kappa shape index (κ1) is 18.4. The standard InChI is InChI=1S/C17H21N3O5/c1-3-10(2)14(15(23)18-9-8-13(21)22)20-16(24)11-6-4-5-7-12(11)19-17(20)25/h4-7,10,14H,3,8-9H2,1-2H3,(H,18,23)(H,19,25)(H,21,22)/t10-,14-/m0/s1. The largest absolute Gasteiger partial charge is 0.481 e. The van der Waals surface area contributed by atoms with Crippen molar-refractivity contribution in [2.45, 2.75) is 32.7 Å². The molecule has 0 spiro atoms. The van der Waals surface area contributed by atoms with Gasteiger partial charge in [0.15, 0.2) is 0 Å². The van der Waals surface area contributed by atoms with Gasteiger partial charge < -0.3 is 15.4 Å². The second-order valence-electron chi connectivity index (χ2n) is 5.92. The van der Waals surface area contributed by atoms with Crippen LogP contribution in [0.5, 0.6) is 0 Å². The number of aliphatic carboxylic acids is 1. The molecule has 0 aliphatic heterocycles. The summed E-state index contributed by atoms with van der Waals surface area (Å²) < 4.78 is 0.923. The Morgan fingerprint density at radius 1 is 1.28 bits per heavy atom. The molecule has 1 aromatic heterocycles. The Balaban J connectivity index is 2.50. The molecule has 0 fully saturated rings. The van der Waals surface area contributed by atoms with Crippen LogP contribution in [0.15, 0.2) is 33.9 Å². The van der Waals surface area contributed by atoms with Gasteiger partial charge in [0.1, 0.15) is 6.04 Å². The summed E-state index contributed by atoms with van der Waals surface area (Å²) in [5.74, 6) is -1.87. The molecule has 8 heteroatoms. The van der Waals surface area contributed by atoms with E-state index in [4.69, 9.17) is 5.11 Å². The number of carboxylic acids is 1. The number of fused-ring (bicyclic) bond motifs is 1. The Morgan fingerprint density at radius 3 is 2.60 bits per heavy atom. The van der Waals surface area contributed by atoms with E-state index in [1.165, 1.54) is 0 Å². The van der Waals surface area contributed by atoms with Gasteiger partial charge in [0.05, 0.1) is 17.3 Å². The third-order valence-electron chi connectivity index (χ3n) is 4.20. The summed E-state index contributed by atoms with van der Waals surface area (Å²) >= 11 is 0. The number of benzene rings is 1. The maximum absolute atomic E-state index is 12.8. The van der Waals surface area contributed by atoms with E-state index >= 15 is 0 Å². The Bertz CT molecular complexity index is 899. The minimum absolute atomic E-state index is 0.0681. The number of nitrogens with zero attached hydrogens (tertiary/aromatic N) is 1.